The number of fused-ring (bicyclic) bond motifs is 1. The lowest BCUT2D eigenvalue weighted by molar-refractivity contribution is -0.164. The van der Waals surface area contributed by atoms with Crippen molar-refractivity contribution in [2.45, 2.75) is 179 Å². The Bertz CT molecular complexity index is 1830. The summed E-state index contributed by atoms with van der Waals surface area (Å²) < 4.78 is 5.89. The number of hydrogen-bond acceptors (Lipinski definition) is 5. The van der Waals surface area contributed by atoms with Gasteiger partial charge in [-0.1, -0.05) is 122 Å². The van der Waals surface area contributed by atoms with Crippen molar-refractivity contribution in [3.05, 3.63) is 102 Å². The number of unbranched alkanes of at least 4 members (excludes halogenated alkanes) is 5. The van der Waals surface area contributed by atoms with Crippen LogP contribution in [0.25, 0.3) is 10.8 Å². The van der Waals surface area contributed by atoms with E-state index in [0.717, 1.165) is 38.6 Å². The molecule has 0 bridgehead atoms. The van der Waals surface area contributed by atoms with Gasteiger partial charge >= 0.3 is 5.97 Å². The van der Waals surface area contributed by atoms with E-state index in [4.69, 9.17) is 4.74 Å². The van der Waals surface area contributed by atoms with E-state index in [1.165, 1.54) is 57.4 Å². The van der Waals surface area contributed by atoms with E-state index < -0.39 is 5.41 Å². The molecular formula is C55H83N3O2. The van der Waals surface area contributed by atoms with Gasteiger partial charge in [-0.2, -0.15) is 0 Å². The fourth-order valence-electron chi connectivity index (χ4n) is 9.53. The molecule has 0 saturated heterocycles. The van der Waals surface area contributed by atoms with E-state index >= 15 is 0 Å². The van der Waals surface area contributed by atoms with E-state index in [1.807, 2.05) is 0 Å². The number of esters is 1. The van der Waals surface area contributed by atoms with Gasteiger partial charge in [0.2, 0.25) is 0 Å². The second-order valence-corrected chi connectivity index (χ2v) is 21.1. The van der Waals surface area contributed by atoms with E-state index in [-0.39, 0.29) is 22.7 Å². The summed E-state index contributed by atoms with van der Waals surface area (Å²) in [5, 5.41) is 6.37. The van der Waals surface area contributed by atoms with Gasteiger partial charge in [-0.3, -0.25) is 4.79 Å². The highest BCUT2D eigenvalue weighted by molar-refractivity contribution is 5.97. The third kappa shape index (κ3) is 12.5. The van der Waals surface area contributed by atoms with Crippen LogP contribution in [0, 0.1) is 16.2 Å². The quantitative estimate of drug-likeness (QED) is 0.0515. The molecule has 0 spiro atoms. The highest BCUT2D eigenvalue weighted by Crippen LogP contribution is 2.47. The number of hydrogen-bond donors (Lipinski definition) is 1. The molecule has 5 heteroatoms. The first kappa shape index (κ1) is 48.7. The van der Waals surface area contributed by atoms with Gasteiger partial charge < -0.3 is 19.9 Å². The van der Waals surface area contributed by atoms with E-state index in [9.17, 15) is 4.79 Å². The van der Waals surface area contributed by atoms with Gasteiger partial charge in [-0.25, -0.2) is 0 Å². The van der Waals surface area contributed by atoms with Crippen LogP contribution in [0.1, 0.15) is 171 Å². The summed E-state index contributed by atoms with van der Waals surface area (Å²) in [5.41, 5.74) is 7.06. The number of carbonyl (C=O) groups excluding carboxylic acids is 1. The average Bonchev–Trinajstić information content (AvgIpc) is 3.15. The van der Waals surface area contributed by atoms with Crippen LogP contribution in [0.3, 0.4) is 0 Å². The smallest absolute Gasteiger partial charge is 0.312 e. The van der Waals surface area contributed by atoms with Crippen molar-refractivity contribution < 1.29 is 9.53 Å². The highest BCUT2D eigenvalue weighted by Gasteiger charge is 2.47. The minimum Gasteiger partial charge on any atom is -0.465 e. The molecule has 1 atom stereocenters. The van der Waals surface area contributed by atoms with Crippen molar-refractivity contribution in [2.75, 3.05) is 28.3 Å². The van der Waals surface area contributed by atoms with Gasteiger partial charge in [-0.15, -0.1) is 0 Å². The predicted molar refractivity (Wildman–Crippen MR) is 262 cm³/mol. The molecular weight excluding hydrogens is 735 g/mol. The maximum absolute atomic E-state index is 13.3. The van der Waals surface area contributed by atoms with Crippen molar-refractivity contribution in [1.29, 1.82) is 0 Å². The van der Waals surface area contributed by atoms with Crippen molar-refractivity contribution in [3.63, 3.8) is 0 Å². The molecule has 1 N–H and O–H groups in total. The molecule has 330 valence electrons. The highest BCUT2D eigenvalue weighted by atomic mass is 16.5. The molecule has 1 unspecified atom stereocenters. The van der Waals surface area contributed by atoms with Gasteiger partial charge in [0, 0.05) is 59.1 Å². The zero-order valence-corrected chi connectivity index (χ0v) is 40.5. The number of benzene rings is 4. The molecule has 4 aromatic carbocycles. The maximum atomic E-state index is 13.3. The molecule has 0 aliphatic rings. The van der Waals surface area contributed by atoms with Gasteiger partial charge in [0.15, 0.2) is 0 Å². The predicted octanol–water partition coefficient (Wildman–Crippen LogP) is 15.1. The Hall–Kier alpha value is -3.99. The third-order valence-corrected chi connectivity index (χ3v) is 12.7. The minimum absolute atomic E-state index is 0.0464. The Kier molecular flexibility index (Phi) is 17.2. The van der Waals surface area contributed by atoms with E-state index in [2.05, 4.69) is 204 Å². The second-order valence-electron chi connectivity index (χ2n) is 21.1. The van der Waals surface area contributed by atoms with Crippen LogP contribution < -0.4 is 15.1 Å². The first-order valence-corrected chi connectivity index (χ1v) is 23.4. The number of nitrogens with one attached hydrogen (secondary N) is 1. The lowest BCUT2D eigenvalue weighted by Crippen LogP contribution is -2.44. The number of nitrogens with zero attached hydrogens (tertiary/aromatic N) is 2. The Morgan fingerprint density at radius 1 is 0.567 bits per heavy atom. The SMILES string of the molecule is CC(C)N(c1ccc(C(c2ccc(N(C(C)C)C(C)C)cc2)c2ccc(NCCCCCCCCOC(=O)C(C)(CC(C)(C)C)C(C)(C)C)c3ccccc23)cc1)C(C)C. The largest absolute Gasteiger partial charge is 0.465 e. The zero-order chi connectivity index (χ0) is 44.4. The normalized spacial score (nSPS) is 13.5. The van der Waals surface area contributed by atoms with Gasteiger partial charge in [0.25, 0.3) is 0 Å². The summed E-state index contributed by atoms with van der Waals surface area (Å²) in [6.45, 7) is 34.8. The van der Waals surface area contributed by atoms with Crippen LogP contribution in [0.4, 0.5) is 17.1 Å². The molecule has 4 aromatic rings. The van der Waals surface area contributed by atoms with Crippen LogP contribution in [0.15, 0.2) is 84.9 Å². The Labute approximate surface area is 367 Å². The third-order valence-electron chi connectivity index (χ3n) is 12.7. The van der Waals surface area contributed by atoms with Gasteiger partial charge in [0.05, 0.1) is 12.0 Å². The zero-order valence-electron chi connectivity index (χ0n) is 40.5. The molecule has 4 rings (SSSR count). The van der Waals surface area contributed by atoms with Crippen LogP contribution in [-0.4, -0.2) is 43.3 Å². The Morgan fingerprint density at radius 3 is 1.47 bits per heavy atom. The van der Waals surface area contributed by atoms with Crippen LogP contribution >= 0.6 is 0 Å². The van der Waals surface area contributed by atoms with Crippen molar-refractivity contribution in [2.24, 2.45) is 16.2 Å². The first-order valence-electron chi connectivity index (χ1n) is 23.4. The van der Waals surface area contributed by atoms with Crippen LogP contribution in [-0.2, 0) is 9.53 Å². The fraction of sp³-hybridized carbons (Fsp3) is 0.582. The average molecular weight is 818 g/mol. The number of anilines is 3. The molecule has 0 aliphatic carbocycles. The Balaban J connectivity index is 1.45. The first-order chi connectivity index (χ1) is 28.2. The summed E-state index contributed by atoms with van der Waals surface area (Å²) in [7, 11) is 0. The molecule has 60 heavy (non-hydrogen) atoms. The molecule has 5 nitrogen and oxygen atoms in total. The molecule has 0 radical (unpaired) electrons. The van der Waals surface area contributed by atoms with E-state index in [1.54, 1.807) is 0 Å². The van der Waals surface area contributed by atoms with Crippen LogP contribution in [0.2, 0.25) is 0 Å². The summed E-state index contributed by atoms with van der Waals surface area (Å²) >= 11 is 0. The summed E-state index contributed by atoms with van der Waals surface area (Å²) in [6, 6.07) is 34.0. The summed E-state index contributed by atoms with van der Waals surface area (Å²) in [6.07, 6.45) is 7.49. The molecule has 0 amide bonds. The molecule has 0 aromatic heterocycles. The minimum atomic E-state index is -0.503. The standard InChI is InChI=1S/C55H83N3O2/c1-39(2)57(40(3)4)45-30-26-43(27-31-45)51(44-28-32-46(33-29-44)58(41(5)6)42(7)8)49-34-35-50(48-25-21-20-24-47(48)49)56-36-22-18-16-17-19-23-37-60-52(59)55(15,54(12,13)14)38-53(9,10)11/h20-21,24-35,39-42,51,56H,16-19,22-23,36-38H2,1-15H3. The Morgan fingerprint density at radius 2 is 1.02 bits per heavy atom. The molecule has 0 aliphatic heterocycles. The van der Waals surface area contributed by atoms with Crippen molar-refractivity contribution in [1.82, 2.24) is 0 Å². The lowest BCUT2D eigenvalue weighted by atomic mass is 9.61. The molecule has 0 heterocycles. The van der Waals surface area contributed by atoms with Crippen molar-refractivity contribution >= 4 is 33.8 Å². The number of ether oxygens (including phenoxy) is 1. The fourth-order valence-corrected chi connectivity index (χ4v) is 9.53. The molecule has 0 saturated carbocycles. The summed E-state index contributed by atoms with van der Waals surface area (Å²) in [4.78, 5) is 18.3. The topological polar surface area (TPSA) is 44.8 Å². The second kappa shape index (κ2) is 21.2. The number of rotatable bonds is 21. The number of carbonyl (C=O) groups is 1. The van der Waals surface area contributed by atoms with Gasteiger partial charge in [-0.05, 0) is 145 Å². The monoisotopic (exact) mass is 818 g/mol. The van der Waals surface area contributed by atoms with Crippen molar-refractivity contribution in [3.8, 4) is 0 Å². The van der Waals surface area contributed by atoms with Gasteiger partial charge in [0.1, 0.15) is 0 Å². The summed E-state index contributed by atoms with van der Waals surface area (Å²) in [5.74, 6) is 0.0371. The van der Waals surface area contributed by atoms with Crippen LogP contribution in [0.5, 0.6) is 0 Å². The molecule has 0 fully saturated rings. The van der Waals surface area contributed by atoms with E-state index in [0.29, 0.717) is 30.8 Å². The lowest BCUT2D eigenvalue weighted by Gasteiger charge is -2.43. The maximum Gasteiger partial charge on any atom is 0.312 e.